The van der Waals surface area contributed by atoms with Gasteiger partial charge in [-0.2, -0.15) is 10.2 Å². The number of fused-ring (bicyclic) bond motifs is 1. The van der Waals surface area contributed by atoms with Crippen LogP contribution in [-0.2, 0) is 23.9 Å². The number of benzene rings is 2. The molecule has 282 valence electrons. The molecule has 53 heavy (non-hydrogen) atoms. The first-order chi connectivity index (χ1) is 24.3. The van der Waals surface area contributed by atoms with Crippen molar-refractivity contribution in [3.8, 4) is 11.4 Å². The molecule has 17 nitrogen and oxygen atoms in total. The molecule has 5 aromatic rings. The van der Waals surface area contributed by atoms with Crippen molar-refractivity contribution in [2.75, 3.05) is 18.1 Å². The highest BCUT2D eigenvalue weighted by Gasteiger charge is 2.32. The van der Waals surface area contributed by atoms with Crippen LogP contribution in [0.1, 0.15) is 72.3 Å². The summed E-state index contributed by atoms with van der Waals surface area (Å²) in [5, 5.41) is 16.0. The van der Waals surface area contributed by atoms with Crippen molar-refractivity contribution in [3.63, 3.8) is 0 Å². The first-order valence-corrected chi connectivity index (χ1v) is 16.5. The number of carboxylic acid groups (broad SMARTS) is 1. The zero-order valence-corrected chi connectivity index (χ0v) is 31.7. The minimum Gasteiger partial charge on any atom is -0.483 e. The minimum atomic E-state index is -0.823. The second kappa shape index (κ2) is 21.0. The summed E-state index contributed by atoms with van der Waals surface area (Å²) in [6, 6.07) is 14.4. The molecular weight excluding hydrogens is 824 g/mol. The molecule has 4 N–H and O–H groups in total. The van der Waals surface area contributed by atoms with Gasteiger partial charge in [0.25, 0.3) is 6.47 Å². The molecule has 2 amide bonds. The van der Waals surface area contributed by atoms with E-state index in [2.05, 4.69) is 52.0 Å². The van der Waals surface area contributed by atoms with Gasteiger partial charge in [0, 0.05) is 29.0 Å². The Morgan fingerprint density at radius 3 is 1.77 bits per heavy atom. The lowest BCUT2D eigenvalue weighted by Gasteiger charge is -2.19. The predicted octanol–water partition coefficient (Wildman–Crippen LogP) is 6.09. The second-order valence-electron chi connectivity index (χ2n) is 9.91. The standard InChI is InChI=1S/C17H16BrN3O5.C15H13BrN4O2.CH2O2.CH4.H3N/c1-4-26-17(25)15-14(9-22)16(20(10(2)23)11(3)24)21(19-15)13-7-5-6-12(18)8-13;1-3-22-15(21)13-12-8-17-9(2)18-14(12)20(19-13)11-6-4-5-10(16)7-11;2-1-3;;/h5-9H,4H2,1-3H3;4-8H,3H2,1-2H3;1H,(H,2,3);1H4;1H3. The molecule has 0 saturated carbocycles. The van der Waals surface area contributed by atoms with Gasteiger partial charge in [0.05, 0.1) is 35.5 Å². The van der Waals surface area contributed by atoms with Crippen LogP contribution in [0.5, 0.6) is 0 Å². The van der Waals surface area contributed by atoms with E-state index in [-0.39, 0.29) is 56.0 Å². The monoisotopic (exact) mass is 860 g/mol. The number of hydrogen-bond donors (Lipinski definition) is 2. The highest BCUT2D eigenvalue weighted by atomic mass is 79.9. The number of nitrogens with zero attached hydrogens (tertiary/aromatic N) is 7. The molecule has 0 bridgehead atoms. The Bertz CT molecular complexity index is 2090. The van der Waals surface area contributed by atoms with E-state index < -0.39 is 23.8 Å². The van der Waals surface area contributed by atoms with E-state index in [0.717, 1.165) is 15.1 Å². The lowest BCUT2D eigenvalue weighted by Crippen LogP contribution is -2.35. The third-order valence-electron chi connectivity index (χ3n) is 6.44. The fraction of sp³-hybridized carbons (Fsp3) is 0.235. The van der Waals surface area contributed by atoms with Crippen molar-refractivity contribution in [2.45, 2.75) is 42.0 Å². The third-order valence-corrected chi connectivity index (χ3v) is 7.43. The fourth-order valence-electron chi connectivity index (χ4n) is 4.53. The Kier molecular flexibility index (Phi) is 18.0. The summed E-state index contributed by atoms with van der Waals surface area (Å²) >= 11 is 6.76. The molecule has 3 aromatic heterocycles. The topological polar surface area (TPSA) is 241 Å². The Hall–Kier alpha value is -5.66. The van der Waals surface area contributed by atoms with Crippen LogP contribution in [0, 0.1) is 6.92 Å². The molecule has 0 aliphatic heterocycles. The molecule has 0 spiro atoms. The van der Waals surface area contributed by atoms with E-state index in [4.69, 9.17) is 19.4 Å². The number of esters is 2. The molecule has 2 aromatic carbocycles. The van der Waals surface area contributed by atoms with Gasteiger partial charge in [-0.25, -0.2) is 33.8 Å². The average Bonchev–Trinajstić information content (AvgIpc) is 3.64. The van der Waals surface area contributed by atoms with Gasteiger partial charge in [-0.1, -0.05) is 51.4 Å². The van der Waals surface area contributed by atoms with Crippen LogP contribution < -0.4 is 11.1 Å². The summed E-state index contributed by atoms with van der Waals surface area (Å²) in [7, 11) is 0. The van der Waals surface area contributed by atoms with Gasteiger partial charge in [0.1, 0.15) is 5.82 Å². The van der Waals surface area contributed by atoms with Gasteiger partial charge in [-0.3, -0.25) is 19.2 Å². The maximum Gasteiger partial charge on any atom is 0.359 e. The van der Waals surface area contributed by atoms with Gasteiger partial charge in [0.15, 0.2) is 29.1 Å². The molecule has 5 rings (SSSR count). The first kappa shape index (κ1) is 45.4. The first-order valence-electron chi connectivity index (χ1n) is 14.9. The zero-order chi connectivity index (χ0) is 37.8. The summed E-state index contributed by atoms with van der Waals surface area (Å²) in [6.45, 7) is 7.64. The van der Waals surface area contributed by atoms with Crippen LogP contribution in [0.4, 0.5) is 5.82 Å². The number of carbonyl (C=O) groups is 6. The molecule has 3 heterocycles. The maximum atomic E-state index is 12.2. The lowest BCUT2D eigenvalue weighted by molar-refractivity contribution is -0.125. The normalized spacial score (nSPS) is 9.79. The minimum absolute atomic E-state index is 0. The predicted molar refractivity (Wildman–Crippen MR) is 202 cm³/mol. The maximum absolute atomic E-state index is 12.2. The number of carbonyl (C=O) groups excluding carboxylic acids is 5. The molecule has 19 heteroatoms. The van der Waals surface area contributed by atoms with Crippen molar-refractivity contribution in [2.24, 2.45) is 0 Å². The van der Waals surface area contributed by atoms with Gasteiger partial charge in [-0.15, -0.1) is 0 Å². The number of rotatable bonds is 8. The van der Waals surface area contributed by atoms with E-state index in [9.17, 15) is 24.0 Å². The lowest BCUT2D eigenvalue weighted by atomic mass is 10.2. The van der Waals surface area contributed by atoms with Crippen LogP contribution in [0.3, 0.4) is 0 Å². The van der Waals surface area contributed by atoms with Crippen LogP contribution in [0.15, 0.2) is 63.7 Å². The third kappa shape index (κ3) is 10.9. The molecule has 0 unspecified atom stereocenters. The fourth-order valence-corrected chi connectivity index (χ4v) is 5.30. The molecule has 0 aliphatic rings. The van der Waals surface area contributed by atoms with Gasteiger partial charge >= 0.3 is 11.9 Å². The summed E-state index contributed by atoms with van der Waals surface area (Å²) in [5.41, 5.74) is 1.57. The molecule has 0 saturated heterocycles. The Morgan fingerprint density at radius 2 is 1.32 bits per heavy atom. The number of anilines is 1. The highest BCUT2D eigenvalue weighted by molar-refractivity contribution is 9.10. The number of ether oxygens (including phenoxy) is 2. The van der Waals surface area contributed by atoms with Crippen molar-refractivity contribution < 1.29 is 43.3 Å². The van der Waals surface area contributed by atoms with Gasteiger partial charge < -0.3 is 20.7 Å². The Balaban J connectivity index is 0.000000481. The van der Waals surface area contributed by atoms with Crippen molar-refractivity contribution in [3.05, 3.63) is 86.4 Å². The van der Waals surface area contributed by atoms with Crippen LogP contribution in [0.25, 0.3) is 22.4 Å². The van der Waals surface area contributed by atoms with Crippen molar-refractivity contribution in [1.29, 1.82) is 0 Å². The molecule has 0 atom stereocenters. The number of aryl methyl sites for hydroxylation is 1. The number of aldehydes is 1. The Labute approximate surface area is 321 Å². The molecular formula is C34H38Br2N8O9. The van der Waals surface area contributed by atoms with Gasteiger partial charge in [-0.05, 0) is 57.2 Å². The number of aromatic nitrogens is 6. The van der Waals surface area contributed by atoms with E-state index in [0.29, 0.717) is 33.3 Å². The number of amides is 2. The van der Waals surface area contributed by atoms with Crippen LogP contribution in [-0.4, -0.2) is 84.4 Å². The SMILES string of the molecule is C.CCOC(=O)c1nn(-c2cccc(Br)c2)c(N(C(C)=O)C(C)=O)c1C=O.CCOC(=O)c1nn(-c2cccc(Br)c2)c2nc(C)ncc12.N.O=CO. The average molecular weight is 863 g/mol. The van der Waals surface area contributed by atoms with Crippen LogP contribution in [0.2, 0.25) is 0 Å². The van der Waals surface area contributed by atoms with E-state index in [1.54, 1.807) is 55.9 Å². The summed E-state index contributed by atoms with van der Waals surface area (Å²) in [6.07, 6.45) is 1.98. The number of halogens is 2. The number of hydrogen-bond acceptors (Lipinski definition) is 13. The van der Waals surface area contributed by atoms with Crippen molar-refractivity contribution >= 4 is 85.2 Å². The summed E-state index contributed by atoms with van der Waals surface area (Å²) < 4.78 is 14.4. The smallest absolute Gasteiger partial charge is 0.359 e. The molecule has 0 aliphatic carbocycles. The van der Waals surface area contributed by atoms with Crippen LogP contribution >= 0.6 is 31.9 Å². The summed E-state index contributed by atoms with van der Waals surface area (Å²) in [4.78, 5) is 77.8. The Morgan fingerprint density at radius 1 is 0.849 bits per heavy atom. The zero-order valence-electron chi connectivity index (χ0n) is 28.6. The quantitative estimate of drug-likeness (QED) is 0.133. The largest absolute Gasteiger partial charge is 0.483 e. The van der Waals surface area contributed by atoms with Crippen molar-refractivity contribution in [1.82, 2.24) is 35.7 Å². The summed E-state index contributed by atoms with van der Waals surface area (Å²) in [5.74, 6) is -2.04. The van der Waals surface area contributed by atoms with Gasteiger partial charge in [0.2, 0.25) is 11.8 Å². The number of imide groups is 1. The van der Waals surface area contributed by atoms with E-state index in [1.807, 2.05) is 24.3 Å². The highest BCUT2D eigenvalue weighted by Crippen LogP contribution is 2.29. The molecule has 0 fully saturated rings. The van der Waals surface area contributed by atoms with E-state index >= 15 is 0 Å². The second-order valence-corrected chi connectivity index (χ2v) is 11.7. The van der Waals surface area contributed by atoms with E-state index in [1.165, 1.54) is 18.5 Å². The molecule has 0 radical (unpaired) electrons.